The maximum absolute atomic E-state index is 12.2. The van der Waals surface area contributed by atoms with Gasteiger partial charge in [0.2, 0.25) is 15.9 Å². The zero-order valence-electron chi connectivity index (χ0n) is 12.7. The van der Waals surface area contributed by atoms with Crippen molar-refractivity contribution in [2.45, 2.75) is 18.9 Å². The fourth-order valence-electron chi connectivity index (χ4n) is 2.95. The van der Waals surface area contributed by atoms with Gasteiger partial charge in [0, 0.05) is 32.7 Å². The molecule has 1 amide bonds. The Morgan fingerprint density at radius 2 is 1.81 bits per heavy atom. The zero-order valence-corrected chi connectivity index (χ0v) is 13.5. The molecule has 8 heteroatoms. The quantitative estimate of drug-likeness (QED) is 0.688. The summed E-state index contributed by atoms with van der Waals surface area (Å²) >= 11 is 0. The molecule has 7 nitrogen and oxygen atoms in total. The molecule has 0 spiro atoms. The number of rotatable bonds is 5. The van der Waals surface area contributed by atoms with Gasteiger partial charge in [-0.15, -0.1) is 0 Å². The fourth-order valence-corrected chi connectivity index (χ4v) is 3.78. The van der Waals surface area contributed by atoms with Gasteiger partial charge in [0.25, 0.3) is 0 Å². The van der Waals surface area contributed by atoms with Gasteiger partial charge in [0.05, 0.1) is 18.9 Å². The van der Waals surface area contributed by atoms with Crippen LogP contribution in [0, 0.1) is 5.92 Å². The number of carbonyl (C=O) groups excluding carboxylic acids is 1. The van der Waals surface area contributed by atoms with Crippen LogP contribution in [0.5, 0.6) is 0 Å². The van der Waals surface area contributed by atoms with Crippen LogP contribution in [0.15, 0.2) is 0 Å². The van der Waals surface area contributed by atoms with Crippen LogP contribution in [-0.4, -0.2) is 92.2 Å². The smallest absolute Gasteiger partial charge is 0.236 e. The highest BCUT2D eigenvalue weighted by Gasteiger charge is 2.30. The third-order valence-corrected chi connectivity index (χ3v) is 5.55. The van der Waals surface area contributed by atoms with E-state index in [1.54, 1.807) is 4.90 Å². The summed E-state index contributed by atoms with van der Waals surface area (Å²) in [6, 6.07) is 0. The summed E-state index contributed by atoms with van der Waals surface area (Å²) in [5.41, 5.74) is 0. The Balaban J connectivity index is 1.72. The molecule has 0 unspecified atom stereocenters. The van der Waals surface area contributed by atoms with Gasteiger partial charge in [-0.2, -0.15) is 4.31 Å². The third-order valence-electron chi connectivity index (χ3n) is 4.25. The Hall–Kier alpha value is -0.700. The largest absolute Gasteiger partial charge is 0.393 e. The lowest BCUT2D eigenvalue weighted by molar-refractivity contribution is -0.133. The molecule has 1 saturated carbocycles. The molecule has 1 heterocycles. The molecule has 0 aromatic heterocycles. The molecule has 0 radical (unpaired) electrons. The first-order valence-electron chi connectivity index (χ1n) is 7.35. The van der Waals surface area contributed by atoms with Gasteiger partial charge in [0.15, 0.2) is 0 Å². The van der Waals surface area contributed by atoms with E-state index in [9.17, 15) is 18.3 Å². The molecular weight excluding hydrogens is 294 g/mol. The summed E-state index contributed by atoms with van der Waals surface area (Å²) < 4.78 is 24.3. The minimum Gasteiger partial charge on any atom is -0.393 e. The van der Waals surface area contributed by atoms with E-state index in [1.165, 1.54) is 10.6 Å². The topological polar surface area (TPSA) is 81.2 Å². The first-order chi connectivity index (χ1) is 9.75. The lowest BCUT2D eigenvalue weighted by atomic mass is 9.82. The van der Waals surface area contributed by atoms with Crippen LogP contribution in [0.3, 0.4) is 0 Å². The summed E-state index contributed by atoms with van der Waals surface area (Å²) in [6.45, 7) is 2.85. The van der Waals surface area contributed by atoms with E-state index < -0.39 is 10.0 Å². The van der Waals surface area contributed by atoms with Gasteiger partial charge in [-0.1, -0.05) is 0 Å². The monoisotopic (exact) mass is 319 g/mol. The van der Waals surface area contributed by atoms with E-state index in [4.69, 9.17) is 0 Å². The first-order valence-corrected chi connectivity index (χ1v) is 9.20. The van der Waals surface area contributed by atoms with Crippen molar-refractivity contribution in [3.05, 3.63) is 0 Å². The maximum Gasteiger partial charge on any atom is 0.236 e. The number of aliphatic hydroxyl groups excluding tert-OH is 1. The predicted molar refractivity (Wildman–Crippen MR) is 79.2 cm³/mol. The van der Waals surface area contributed by atoms with E-state index in [0.717, 1.165) is 19.4 Å². The van der Waals surface area contributed by atoms with Gasteiger partial charge < -0.3 is 10.0 Å². The SMILES string of the molecule is CN(CC(=O)N1CCN(S(C)(=O)=O)CC1)CC1CC(O)C1. The van der Waals surface area contributed by atoms with Crippen molar-refractivity contribution in [3.63, 3.8) is 0 Å². The van der Waals surface area contributed by atoms with Gasteiger partial charge >= 0.3 is 0 Å². The van der Waals surface area contributed by atoms with Crippen molar-refractivity contribution in [2.24, 2.45) is 5.92 Å². The number of likely N-dealkylation sites (N-methyl/N-ethyl adjacent to an activating group) is 1. The van der Waals surface area contributed by atoms with Crippen LogP contribution in [0.1, 0.15) is 12.8 Å². The Morgan fingerprint density at radius 1 is 1.24 bits per heavy atom. The Bertz CT molecular complexity index is 468. The number of hydrogen-bond donors (Lipinski definition) is 1. The van der Waals surface area contributed by atoms with Crippen molar-refractivity contribution < 1.29 is 18.3 Å². The summed E-state index contributed by atoms with van der Waals surface area (Å²) in [5, 5.41) is 9.26. The zero-order chi connectivity index (χ0) is 15.6. The normalized spacial score (nSPS) is 27.7. The van der Waals surface area contributed by atoms with E-state index in [2.05, 4.69) is 0 Å². The standard InChI is InChI=1S/C13H25N3O4S/c1-14(9-11-7-12(17)8-11)10-13(18)15-3-5-16(6-4-15)21(2,19)20/h11-12,17H,3-10H2,1-2H3. The molecule has 1 aliphatic heterocycles. The summed E-state index contributed by atoms with van der Waals surface area (Å²) in [4.78, 5) is 15.9. The minimum atomic E-state index is -3.15. The number of aliphatic hydroxyl groups is 1. The van der Waals surface area contributed by atoms with Crippen LogP contribution in [0.2, 0.25) is 0 Å². The highest BCUT2D eigenvalue weighted by Crippen LogP contribution is 2.27. The highest BCUT2D eigenvalue weighted by molar-refractivity contribution is 7.88. The minimum absolute atomic E-state index is 0.0468. The van der Waals surface area contributed by atoms with Gasteiger partial charge in [-0.3, -0.25) is 9.69 Å². The van der Waals surface area contributed by atoms with Crippen LogP contribution in [-0.2, 0) is 14.8 Å². The number of nitrogens with zero attached hydrogens (tertiary/aromatic N) is 3. The molecule has 21 heavy (non-hydrogen) atoms. The molecule has 0 aromatic rings. The predicted octanol–water partition coefficient (Wildman–Crippen LogP) is -1.21. The van der Waals surface area contributed by atoms with E-state index >= 15 is 0 Å². The van der Waals surface area contributed by atoms with Crippen molar-refractivity contribution in [1.29, 1.82) is 0 Å². The molecule has 0 aromatic carbocycles. The molecule has 0 bridgehead atoms. The van der Waals surface area contributed by atoms with Crippen LogP contribution < -0.4 is 0 Å². The number of hydrogen-bond acceptors (Lipinski definition) is 5. The molecule has 122 valence electrons. The van der Waals surface area contributed by atoms with E-state index in [-0.39, 0.29) is 12.0 Å². The number of sulfonamides is 1. The van der Waals surface area contributed by atoms with Crippen molar-refractivity contribution in [1.82, 2.24) is 14.1 Å². The molecular formula is C13H25N3O4S. The van der Waals surface area contributed by atoms with E-state index in [0.29, 0.717) is 38.6 Å². The van der Waals surface area contributed by atoms with Crippen LogP contribution in [0.4, 0.5) is 0 Å². The van der Waals surface area contributed by atoms with Crippen LogP contribution in [0.25, 0.3) is 0 Å². The summed E-state index contributed by atoms with van der Waals surface area (Å²) in [6.07, 6.45) is 2.69. The molecule has 0 atom stereocenters. The van der Waals surface area contributed by atoms with Crippen molar-refractivity contribution >= 4 is 15.9 Å². The van der Waals surface area contributed by atoms with Crippen LogP contribution >= 0.6 is 0 Å². The number of piperazine rings is 1. The molecule has 1 aliphatic carbocycles. The summed E-state index contributed by atoms with van der Waals surface area (Å²) in [7, 11) is -1.24. The maximum atomic E-state index is 12.2. The first kappa shape index (κ1) is 16.7. The Labute approximate surface area is 126 Å². The molecule has 2 fully saturated rings. The number of amides is 1. The molecule has 1 saturated heterocycles. The van der Waals surface area contributed by atoms with Gasteiger partial charge in [-0.25, -0.2) is 8.42 Å². The Morgan fingerprint density at radius 3 is 2.29 bits per heavy atom. The van der Waals surface area contributed by atoms with E-state index in [1.807, 2.05) is 11.9 Å². The number of carbonyl (C=O) groups is 1. The third kappa shape index (κ3) is 4.64. The molecule has 2 aliphatic rings. The van der Waals surface area contributed by atoms with Crippen molar-refractivity contribution in [2.75, 3.05) is 52.6 Å². The highest BCUT2D eigenvalue weighted by atomic mass is 32.2. The average molecular weight is 319 g/mol. The second-order valence-corrected chi connectivity index (χ2v) is 8.21. The molecule has 1 N–H and O–H groups in total. The van der Waals surface area contributed by atoms with Crippen molar-refractivity contribution in [3.8, 4) is 0 Å². The summed E-state index contributed by atoms with van der Waals surface area (Å²) in [5.74, 6) is 0.533. The average Bonchev–Trinajstić information content (AvgIpc) is 2.36. The fraction of sp³-hybridized carbons (Fsp3) is 0.923. The lowest BCUT2D eigenvalue weighted by Gasteiger charge is -2.36. The second kappa shape index (κ2) is 6.60. The molecule has 2 rings (SSSR count). The lowest BCUT2D eigenvalue weighted by Crippen LogP contribution is -2.52. The second-order valence-electron chi connectivity index (χ2n) is 6.23. The van der Waals surface area contributed by atoms with Gasteiger partial charge in [-0.05, 0) is 25.8 Å². The van der Waals surface area contributed by atoms with Gasteiger partial charge in [0.1, 0.15) is 0 Å². The Kier molecular flexibility index (Phi) is 5.24.